The number of benzene rings is 3. The molecule has 11 heteroatoms. The van der Waals surface area contributed by atoms with Crippen molar-refractivity contribution in [2.75, 3.05) is 11.9 Å². The van der Waals surface area contributed by atoms with Gasteiger partial charge in [0.2, 0.25) is 5.91 Å². The van der Waals surface area contributed by atoms with Crippen LogP contribution in [-0.4, -0.2) is 28.5 Å². The lowest BCUT2D eigenvalue weighted by Crippen LogP contribution is -2.36. The normalized spacial score (nSPS) is 14.4. The van der Waals surface area contributed by atoms with E-state index in [1.54, 1.807) is 36.4 Å². The van der Waals surface area contributed by atoms with Crippen LogP contribution >= 0.6 is 61.9 Å². The van der Waals surface area contributed by atoms with Crippen molar-refractivity contribution in [3.05, 3.63) is 95.6 Å². The summed E-state index contributed by atoms with van der Waals surface area (Å²) in [6, 6.07) is 16.6. The third-order valence-electron chi connectivity index (χ3n) is 5.00. The molecule has 1 fully saturated rings. The number of thioether (sulfide) groups is 1. The van der Waals surface area contributed by atoms with Gasteiger partial charge in [-0.15, -0.1) is 0 Å². The number of amides is 3. The van der Waals surface area contributed by atoms with E-state index in [4.69, 9.17) is 16.3 Å². The van der Waals surface area contributed by atoms with Gasteiger partial charge < -0.3 is 10.1 Å². The molecule has 0 atom stereocenters. The molecule has 1 N–H and O–H groups in total. The lowest BCUT2D eigenvalue weighted by Gasteiger charge is -2.13. The summed E-state index contributed by atoms with van der Waals surface area (Å²) < 4.78 is 21.7. The quantitative estimate of drug-likeness (QED) is 0.210. The van der Waals surface area contributed by atoms with Gasteiger partial charge in [0.05, 0.1) is 9.93 Å². The minimum atomic E-state index is -0.592. The monoisotopic (exact) mass is 700 g/mol. The molecule has 6 nitrogen and oxygen atoms in total. The summed E-state index contributed by atoms with van der Waals surface area (Å²) in [6.07, 6.45) is 1.50. The molecule has 0 bridgehead atoms. The standard InChI is InChI=1S/C25H16BrClFIN2O4S/c26-15-4-9-21(35-13-18-19(27)2-1-3-20(18)28)14(10-15)11-22-24(33)31(25(34)36-22)12-23(32)30-17-7-5-16(29)6-8-17/h1-11H,12-13H2,(H,30,32)/b22-11-. The minimum absolute atomic E-state index is 0.131. The molecule has 1 aliphatic heterocycles. The molecule has 3 aromatic rings. The van der Waals surface area contributed by atoms with E-state index in [1.807, 2.05) is 12.1 Å². The third kappa shape index (κ3) is 6.47. The molecule has 4 rings (SSSR count). The molecule has 1 heterocycles. The van der Waals surface area contributed by atoms with E-state index in [1.165, 1.54) is 18.2 Å². The van der Waals surface area contributed by atoms with Gasteiger partial charge in [0.25, 0.3) is 11.1 Å². The van der Waals surface area contributed by atoms with E-state index in [-0.39, 0.29) is 22.1 Å². The van der Waals surface area contributed by atoms with Crippen molar-refractivity contribution in [2.45, 2.75) is 6.61 Å². The Morgan fingerprint density at radius 2 is 1.92 bits per heavy atom. The minimum Gasteiger partial charge on any atom is -0.488 e. The van der Waals surface area contributed by atoms with Crippen molar-refractivity contribution in [1.29, 1.82) is 0 Å². The zero-order valence-electron chi connectivity index (χ0n) is 18.3. The summed E-state index contributed by atoms with van der Waals surface area (Å²) in [5.74, 6) is -1.22. The number of rotatable bonds is 7. The molecule has 1 aliphatic rings. The van der Waals surface area contributed by atoms with E-state index in [2.05, 4.69) is 43.8 Å². The van der Waals surface area contributed by atoms with E-state index < -0.39 is 29.4 Å². The fourth-order valence-corrected chi connectivity index (χ4v) is 5.02. The second kappa shape index (κ2) is 11.8. The Hall–Kier alpha value is -2.41. The first-order chi connectivity index (χ1) is 17.2. The molecule has 0 saturated carbocycles. The first-order valence-corrected chi connectivity index (χ1v) is 13.4. The number of imide groups is 1. The maximum absolute atomic E-state index is 14.1. The topological polar surface area (TPSA) is 75.7 Å². The molecule has 0 radical (unpaired) electrons. The second-order valence-corrected chi connectivity index (χ2v) is 11.1. The Kier molecular flexibility index (Phi) is 8.70. The van der Waals surface area contributed by atoms with Gasteiger partial charge in [-0.25, -0.2) is 4.39 Å². The van der Waals surface area contributed by atoms with Crippen molar-refractivity contribution in [3.8, 4) is 5.75 Å². The van der Waals surface area contributed by atoms with Crippen LogP contribution in [-0.2, 0) is 16.2 Å². The summed E-state index contributed by atoms with van der Waals surface area (Å²) in [4.78, 5) is 38.9. The molecule has 0 spiro atoms. The third-order valence-corrected chi connectivity index (χ3v) is 7.47. The zero-order valence-corrected chi connectivity index (χ0v) is 23.6. The lowest BCUT2D eigenvalue weighted by atomic mass is 10.1. The van der Waals surface area contributed by atoms with Gasteiger partial charge in [-0.1, -0.05) is 33.6 Å². The van der Waals surface area contributed by atoms with E-state index in [9.17, 15) is 18.8 Å². The van der Waals surface area contributed by atoms with Crippen molar-refractivity contribution in [2.24, 2.45) is 0 Å². The molecule has 3 aromatic carbocycles. The van der Waals surface area contributed by atoms with E-state index in [0.717, 1.165) is 20.2 Å². The van der Waals surface area contributed by atoms with Crippen LogP contribution in [0.5, 0.6) is 5.75 Å². The molecular formula is C25H16BrClFIN2O4S. The van der Waals surface area contributed by atoms with Gasteiger partial charge in [0.1, 0.15) is 24.7 Å². The molecular weight excluding hydrogens is 686 g/mol. The average Bonchev–Trinajstić information content (AvgIpc) is 3.08. The molecule has 184 valence electrons. The molecule has 1 saturated heterocycles. The lowest BCUT2D eigenvalue weighted by molar-refractivity contribution is -0.127. The number of halogens is 4. The highest BCUT2D eigenvalue weighted by Crippen LogP contribution is 2.35. The largest absolute Gasteiger partial charge is 0.488 e. The van der Waals surface area contributed by atoms with Crippen LogP contribution < -0.4 is 10.1 Å². The average molecular weight is 702 g/mol. The maximum atomic E-state index is 14.1. The van der Waals surface area contributed by atoms with Crippen LogP contribution in [0.25, 0.3) is 6.08 Å². The predicted octanol–water partition coefficient (Wildman–Crippen LogP) is 7.10. The number of ether oxygens (including phenoxy) is 1. The summed E-state index contributed by atoms with van der Waals surface area (Å²) in [5, 5.41) is 2.35. The smallest absolute Gasteiger partial charge is 0.294 e. The summed E-state index contributed by atoms with van der Waals surface area (Å²) in [6.45, 7) is -0.546. The number of nitrogens with one attached hydrogen (secondary N) is 1. The number of hydrogen-bond acceptors (Lipinski definition) is 5. The first kappa shape index (κ1) is 26.6. The highest BCUT2D eigenvalue weighted by molar-refractivity contribution is 14.1. The summed E-state index contributed by atoms with van der Waals surface area (Å²) in [5.41, 5.74) is 1.26. The highest BCUT2D eigenvalue weighted by Gasteiger charge is 2.36. The second-order valence-electron chi connectivity index (χ2n) is 7.49. The van der Waals surface area contributed by atoms with Gasteiger partial charge in [-0.2, -0.15) is 0 Å². The summed E-state index contributed by atoms with van der Waals surface area (Å²) in [7, 11) is 0. The Bertz CT molecular complexity index is 1370. The first-order valence-electron chi connectivity index (χ1n) is 10.4. The SMILES string of the molecule is O=C(CN1C(=O)S/C(=C\c2cc(Br)ccc2OCc2c(F)cccc2Cl)C1=O)Nc1ccc(I)cc1. The molecule has 0 aromatic heterocycles. The van der Waals surface area contributed by atoms with Crippen LogP contribution in [0.1, 0.15) is 11.1 Å². The Balaban J connectivity index is 1.50. The van der Waals surface area contributed by atoms with Gasteiger partial charge in [0, 0.05) is 24.9 Å². The maximum Gasteiger partial charge on any atom is 0.294 e. The van der Waals surface area contributed by atoms with Crippen molar-refractivity contribution in [1.82, 2.24) is 4.90 Å². The molecule has 36 heavy (non-hydrogen) atoms. The van der Waals surface area contributed by atoms with Crippen LogP contribution in [0.3, 0.4) is 0 Å². The van der Waals surface area contributed by atoms with Gasteiger partial charge >= 0.3 is 0 Å². The van der Waals surface area contributed by atoms with Crippen LogP contribution in [0.4, 0.5) is 14.9 Å². The van der Waals surface area contributed by atoms with Gasteiger partial charge in [0.15, 0.2) is 0 Å². The Morgan fingerprint density at radius 3 is 2.64 bits per heavy atom. The van der Waals surface area contributed by atoms with Crippen molar-refractivity contribution >= 4 is 90.7 Å². The van der Waals surface area contributed by atoms with E-state index >= 15 is 0 Å². The summed E-state index contributed by atoms with van der Waals surface area (Å²) >= 11 is 12.3. The van der Waals surface area contributed by atoms with Gasteiger partial charge in [-0.05, 0) is 95.0 Å². The highest BCUT2D eigenvalue weighted by atomic mass is 127. The van der Waals surface area contributed by atoms with Crippen LogP contribution in [0.2, 0.25) is 5.02 Å². The predicted molar refractivity (Wildman–Crippen MR) is 150 cm³/mol. The number of anilines is 1. The molecule has 3 amide bonds. The Labute approximate surface area is 237 Å². The Morgan fingerprint density at radius 1 is 1.17 bits per heavy atom. The number of hydrogen-bond donors (Lipinski definition) is 1. The zero-order chi connectivity index (χ0) is 25.8. The molecule has 0 unspecified atom stereocenters. The van der Waals surface area contributed by atoms with Crippen molar-refractivity contribution in [3.63, 3.8) is 0 Å². The van der Waals surface area contributed by atoms with E-state index in [0.29, 0.717) is 21.5 Å². The number of nitrogens with zero attached hydrogens (tertiary/aromatic N) is 1. The van der Waals surface area contributed by atoms with Crippen LogP contribution in [0, 0.1) is 9.39 Å². The fourth-order valence-electron chi connectivity index (χ4n) is 3.24. The van der Waals surface area contributed by atoms with Crippen molar-refractivity contribution < 1.29 is 23.5 Å². The van der Waals surface area contributed by atoms with Gasteiger partial charge in [-0.3, -0.25) is 19.3 Å². The molecule has 0 aliphatic carbocycles. The number of carbonyl (C=O) groups is 3. The number of carbonyl (C=O) groups excluding carboxylic acids is 3. The van der Waals surface area contributed by atoms with Crippen LogP contribution in [0.15, 0.2) is 70.0 Å². The fraction of sp³-hybridized carbons (Fsp3) is 0.0800.